The number of hydrogen-bond donors (Lipinski definition) is 1. The van der Waals surface area contributed by atoms with Crippen molar-refractivity contribution in [1.82, 2.24) is 5.32 Å². The number of nitrogens with zero attached hydrogens (tertiary/aromatic N) is 2. The van der Waals surface area contributed by atoms with Gasteiger partial charge in [-0.05, 0) is 25.5 Å². The number of hydrogen-bond acceptors (Lipinski definition) is 5. The van der Waals surface area contributed by atoms with E-state index < -0.39 is 4.92 Å². The normalized spacial score (nSPS) is 15.4. The highest BCUT2D eigenvalue weighted by Gasteiger charge is 2.21. The van der Waals surface area contributed by atoms with Crippen molar-refractivity contribution in [1.29, 1.82) is 0 Å². The fraction of sp³-hybridized carbons (Fsp3) is 0.385. The third kappa shape index (κ3) is 2.93. The molecule has 0 atom stereocenters. The van der Waals surface area contributed by atoms with E-state index in [1.165, 1.54) is 19.1 Å². The molecule has 2 rings (SSSR count). The van der Waals surface area contributed by atoms with E-state index in [1.54, 1.807) is 6.07 Å². The smallest absolute Gasteiger partial charge is 0.280 e. The van der Waals surface area contributed by atoms with Crippen molar-refractivity contribution < 1.29 is 14.5 Å². The summed E-state index contributed by atoms with van der Waals surface area (Å²) in [5, 5.41) is 13.7. The van der Waals surface area contributed by atoms with Gasteiger partial charge in [-0.3, -0.25) is 19.7 Å². The lowest BCUT2D eigenvalue weighted by atomic mass is 10.1. The van der Waals surface area contributed by atoms with Gasteiger partial charge in [-0.15, -0.1) is 0 Å². The van der Waals surface area contributed by atoms with E-state index in [2.05, 4.69) is 5.32 Å². The van der Waals surface area contributed by atoms with Crippen LogP contribution in [0, 0.1) is 10.1 Å². The predicted molar refractivity (Wildman–Crippen MR) is 72.9 cm³/mol. The molecule has 0 aliphatic carbocycles. The molecule has 1 aromatic carbocycles. The fourth-order valence-electron chi connectivity index (χ4n) is 2.19. The average Bonchev–Trinajstić information content (AvgIpc) is 2.62. The molecule has 1 heterocycles. The lowest BCUT2D eigenvalue weighted by Gasteiger charge is -2.21. The maximum absolute atomic E-state index is 11.5. The van der Waals surface area contributed by atoms with E-state index in [0.29, 0.717) is 18.8 Å². The van der Waals surface area contributed by atoms with Gasteiger partial charge in [0.15, 0.2) is 5.78 Å². The van der Waals surface area contributed by atoms with Gasteiger partial charge < -0.3 is 10.2 Å². The zero-order valence-corrected chi connectivity index (χ0v) is 11.1. The number of amides is 1. The molecule has 1 fully saturated rings. The van der Waals surface area contributed by atoms with Crippen LogP contribution in [0.5, 0.6) is 0 Å². The van der Waals surface area contributed by atoms with Crippen LogP contribution in [0.25, 0.3) is 0 Å². The number of Topliss-reactive ketones (excluding diaryl/α,β-unsaturated/α-hetero) is 1. The summed E-state index contributed by atoms with van der Waals surface area (Å²) in [6, 6.07) is 4.37. The van der Waals surface area contributed by atoms with Gasteiger partial charge in [-0.2, -0.15) is 0 Å². The molecule has 7 nitrogen and oxygen atoms in total. The Kier molecular flexibility index (Phi) is 3.97. The Labute approximate surface area is 115 Å². The van der Waals surface area contributed by atoms with Crippen LogP contribution >= 0.6 is 0 Å². The van der Waals surface area contributed by atoms with Crippen LogP contribution in [0.15, 0.2) is 18.2 Å². The van der Waals surface area contributed by atoms with Gasteiger partial charge in [-0.1, -0.05) is 0 Å². The summed E-state index contributed by atoms with van der Waals surface area (Å²) in [4.78, 5) is 35.2. The van der Waals surface area contributed by atoms with Crippen molar-refractivity contribution >= 4 is 23.1 Å². The molecule has 0 spiro atoms. The molecule has 20 heavy (non-hydrogen) atoms. The second kappa shape index (κ2) is 5.68. The standard InChI is InChI=1S/C13H15N3O4/c1-9(17)11-7-10(3-4-12(11)16(19)20)15-6-2-5-14-13(18)8-15/h3-4,7H,2,5-6,8H2,1H3,(H,14,18). The zero-order valence-electron chi connectivity index (χ0n) is 11.1. The number of nitrogens with one attached hydrogen (secondary N) is 1. The Hall–Kier alpha value is -2.44. The van der Waals surface area contributed by atoms with E-state index in [9.17, 15) is 19.7 Å². The Bertz CT molecular complexity index is 571. The van der Waals surface area contributed by atoms with Crippen molar-refractivity contribution in [2.45, 2.75) is 13.3 Å². The molecule has 0 unspecified atom stereocenters. The molecule has 1 aliphatic rings. The molecule has 1 amide bonds. The first kappa shape index (κ1) is 14.0. The van der Waals surface area contributed by atoms with Gasteiger partial charge in [0.2, 0.25) is 5.91 Å². The van der Waals surface area contributed by atoms with E-state index in [0.717, 1.165) is 6.42 Å². The lowest BCUT2D eigenvalue weighted by Crippen LogP contribution is -2.33. The van der Waals surface area contributed by atoms with Crippen LogP contribution in [0.4, 0.5) is 11.4 Å². The summed E-state index contributed by atoms with van der Waals surface area (Å²) in [5.41, 5.74) is 0.510. The highest BCUT2D eigenvalue weighted by molar-refractivity contribution is 5.99. The average molecular weight is 277 g/mol. The molecular formula is C13H15N3O4. The number of ketones is 1. The first-order chi connectivity index (χ1) is 9.49. The molecule has 1 aliphatic heterocycles. The molecule has 1 N–H and O–H groups in total. The maximum atomic E-state index is 11.5. The molecular weight excluding hydrogens is 262 g/mol. The van der Waals surface area contributed by atoms with Crippen LogP contribution in [-0.4, -0.2) is 36.2 Å². The molecule has 1 aromatic rings. The van der Waals surface area contributed by atoms with Gasteiger partial charge in [-0.25, -0.2) is 0 Å². The monoisotopic (exact) mass is 277 g/mol. The first-order valence-electron chi connectivity index (χ1n) is 6.30. The third-order valence-electron chi connectivity index (χ3n) is 3.18. The summed E-state index contributed by atoms with van der Waals surface area (Å²) in [5.74, 6) is -0.456. The second-order valence-electron chi connectivity index (χ2n) is 4.64. The predicted octanol–water partition coefficient (Wildman–Crippen LogP) is 1.12. The van der Waals surface area contributed by atoms with Gasteiger partial charge in [0, 0.05) is 24.8 Å². The Morgan fingerprint density at radius 1 is 1.45 bits per heavy atom. The van der Waals surface area contributed by atoms with Crippen molar-refractivity contribution in [3.63, 3.8) is 0 Å². The van der Waals surface area contributed by atoms with Crippen LogP contribution in [0.2, 0.25) is 0 Å². The third-order valence-corrected chi connectivity index (χ3v) is 3.18. The number of carbonyl (C=O) groups excluding carboxylic acids is 2. The number of benzene rings is 1. The minimum absolute atomic E-state index is 0.0668. The van der Waals surface area contributed by atoms with Crippen LogP contribution < -0.4 is 10.2 Å². The quantitative estimate of drug-likeness (QED) is 0.508. The summed E-state index contributed by atoms with van der Waals surface area (Å²) in [7, 11) is 0. The van der Waals surface area contributed by atoms with Crippen molar-refractivity contribution in [3.05, 3.63) is 33.9 Å². The van der Waals surface area contributed by atoms with E-state index in [-0.39, 0.29) is 29.5 Å². The van der Waals surface area contributed by atoms with Gasteiger partial charge >= 0.3 is 0 Å². The maximum Gasteiger partial charge on any atom is 0.280 e. The Morgan fingerprint density at radius 3 is 2.85 bits per heavy atom. The highest BCUT2D eigenvalue weighted by atomic mass is 16.6. The largest absolute Gasteiger partial charge is 0.362 e. The van der Waals surface area contributed by atoms with Gasteiger partial charge in [0.25, 0.3) is 5.69 Å². The fourth-order valence-corrected chi connectivity index (χ4v) is 2.19. The first-order valence-corrected chi connectivity index (χ1v) is 6.30. The number of nitro benzene ring substituents is 1. The summed E-state index contributed by atoms with van der Waals surface area (Å²) >= 11 is 0. The molecule has 1 saturated heterocycles. The summed E-state index contributed by atoms with van der Waals surface area (Å²) < 4.78 is 0. The Morgan fingerprint density at radius 2 is 2.20 bits per heavy atom. The van der Waals surface area contributed by atoms with Crippen LogP contribution in [0.3, 0.4) is 0 Å². The van der Waals surface area contributed by atoms with Gasteiger partial charge in [0.1, 0.15) is 0 Å². The summed E-state index contributed by atoms with van der Waals surface area (Å²) in [6.45, 7) is 2.76. The minimum atomic E-state index is -0.574. The number of anilines is 1. The topological polar surface area (TPSA) is 92.6 Å². The van der Waals surface area contributed by atoms with E-state index in [1.807, 2.05) is 4.90 Å². The van der Waals surface area contributed by atoms with E-state index in [4.69, 9.17) is 0 Å². The molecule has 0 saturated carbocycles. The Balaban J connectivity index is 2.37. The number of carbonyl (C=O) groups is 2. The lowest BCUT2D eigenvalue weighted by molar-refractivity contribution is -0.385. The number of rotatable bonds is 3. The van der Waals surface area contributed by atoms with Crippen molar-refractivity contribution in [2.24, 2.45) is 0 Å². The molecule has 0 bridgehead atoms. The second-order valence-corrected chi connectivity index (χ2v) is 4.64. The summed E-state index contributed by atoms with van der Waals surface area (Å²) in [6.07, 6.45) is 0.790. The molecule has 7 heteroatoms. The number of nitro groups is 1. The van der Waals surface area contributed by atoms with Crippen LogP contribution in [-0.2, 0) is 4.79 Å². The zero-order chi connectivity index (χ0) is 14.7. The molecule has 106 valence electrons. The molecule has 0 radical (unpaired) electrons. The van der Waals surface area contributed by atoms with Crippen molar-refractivity contribution in [2.75, 3.05) is 24.5 Å². The van der Waals surface area contributed by atoms with E-state index >= 15 is 0 Å². The minimum Gasteiger partial charge on any atom is -0.362 e. The van der Waals surface area contributed by atoms with Gasteiger partial charge in [0.05, 0.1) is 17.0 Å². The van der Waals surface area contributed by atoms with Crippen LogP contribution in [0.1, 0.15) is 23.7 Å². The van der Waals surface area contributed by atoms with Crippen molar-refractivity contribution in [3.8, 4) is 0 Å². The SMILES string of the molecule is CC(=O)c1cc(N2CCCNC(=O)C2)ccc1[N+](=O)[O-]. The molecule has 0 aromatic heterocycles. The highest BCUT2D eigenvalue weighted by Crippen LogP contribution is 2.26.